The van der Waals surface area contributed by atoms with Gasteiger partial charge < -0.3 is 4.74 Å². The number of nitrogens with one attached hydrogen (secondary N) is 1. The molecule has 0 aliphatic heterocycles. The van der Waals surface area contributed by atoms with Crippen molar-refractivity contribution in [1.82, 2.24) is 4.98 Å². The molecule has 118 valence electrons. The molecule has 1 aromatic heterocycles. The van der Waals surface area contributed by atoms with Gasteiger partial charge in [-0.2, -0.15) is 0 Å². The first-order valence-corrected chi connectivity index (χ1v) is 7.52. The van der Waals surface area contributed by atoms with E-state index in [-0.39, 0.29) is 5.13 Å². The van der Waals surface area contributed by atoms with Crippen LogP contribution in [0.2, 0.25) is 0 Å². The number of aryl methyl sites for hydroxylation is 1. The number of halogens is 2. The van der Waals surface area contributed by atoms with Gasteiger partial charge in [0.15, 0.2) is 5.13 Å². The summed E-state index contributed by atoms with van der Waals surface area (Å²) in [5, 5.41) is 2.69. The minimum Gasteiger partial charge on any atom is -0.494 e. The summed E-state index contributed by atoms with van der Waals surface area (Å²) in [7, 11) is 1.52. The van der Waals surface area contributed by atoms with E-state index >= 15 is 0 Å². The molecule has 1 N–H and O–H groups in total. The van der Waals surface area contributed by atoms with Crippen LogP contribution in [0.1, 0.15) is 15.9 Å². The predicted octanol–water partition coefficient (Wildman–Crippen LogP) is 4.14. The molecule has 0 aliphatic rings. The Bertz CT molecular complexity index is 888. The monoisotopic (exact) mass is 334 g/mol. The highest BCUT2D eigenvalue weighted by Crippen LogP contribution is 2.34. The SMILES string of the molecule is COc1ccc(C)c2sc(NC(=O)c3c(F)cccc3F)nc12. The summed E-state index contributed by atoms with van der Waals surface area (Å²) in [6, 6.07) is 6.92. The maximum Gasteiger partial charge on any atom is 0.263 e. The molecular weight excluding hydrogens is 322 g/mol. The topological polar surface area (TPSA) is 51.2 Å². The first-order chi connectivity index (χ1) is 11.0. The van der Waals surface area contributed by atoms with Crippen LogP contribution in [0, 0.1) is 18.6 Å². The second-order valence-corrected chi connectivity index (χ2v) is 5.83. The van der Waals surface area contributed by atoms with Crippen molar-refractivity contribution in [1.29, 1.82) is 0 Å². The van der Waals surface area contributed by atoms with E-state index in [4.69, 9.17) is 4.74 Å². The molecular formula is C16H12F2N2O2S. The van der Waals surface area contributed by atoms with Crippen LogP contribution in [0.4, 0.5) is 13.9 Å². The third-order valence-corrected chi connectivity index (χ3v) is 4.44. The number of carbonyl (C=O) groups excluding carboxylic acids is 1. The predicted molar refractivity (Wildman–Crippen MR) is 85.2 cm³/mol. The van der Waals surface area contributed by atoms with Crippen molar-refractivity contribution in [2.24, 2.45) is 0 Å². The Morgan fingerprint density at radius 2 is 1.91 bits per heavy atom. The Morgan fingerprint density at radius 3 is 2.57 bits per heavy atom. The van der Waals surface area contributed by atoms with Gasteiger partial charge in [-0.25, -0.2) is 13.8 Å². The number of aromatic nitrogens is 1. The van der Waals surface area contributed by atoms with E-state index in [0.717, 1.165) is 22.4 Å². The van der Waals surface area contributed by atoms with Crippen molar-refractivity contribution < 1.29 is 18.3 Å². The fourth-order valence-electron chi connectivity index (χ4n) is 2.20. The van der Waals surface area contributed by atoms with Gasteiger partial charge in [-0.05, 0) is 30.7 Å². The molecule has 0 saturated heterocycles. The molecule has 2 aromatic carbocycles. The number of nitrogens with zero attached hydrogens (tertiary/aromatic N) is 1. The summed E-state index contributed by atoms with van der Waals surface area (Å²) in [5.41, 5.74) is 0.938. The van der Waals surface area contributed by atoms with Crippen LogP contribution >= 0.6 is 11.3 Å². The average Bonchev–Trinajstić information content (AvgIpc) is 2.92. The maximum atomic E-state index is 13.7. The maximum absolute atomic E-state index is 13.7. The number of anilines is 1. The highest BCUT2D eigenvalue weighted by molar-refractivity contribution is 7.22. The number of thiazole rings is 1. The third-order valence-electron chi connectivity index (χ3n) is 3.33. The Balaban J connectivity index is 1.99. The zero-order valence-electron chi connectivity index (χ0n) is 12.3. The number of benzene rings is 2. The average molecular weight is 334 g/mol. The fraction of sp³-hybridized carbons (Fsp3) is 0.125. The van der Waals surface area contributed by atoms with Gasteiger partial charge in [0.05, 0.1) is 11.8 Å². The van der Waals surface area contributed by atoms with Crippen molar-refractivity contribution in [3.8, 4) is 5.75 Å². The van der Waals surface area contributed by atoms with Crippen molar-refractivity contribution in [2.75, 3.05) is 12.4 Å². The molecule has 0 atom stereocenters. The highest BCUT2D eigenvalue weighted by atomic mass is 32.1. The number of fused-ring (bicyclic) bond motifs is 1. The molecule has 4 nitrogen and oxygen atoms in total. The van der Waals surface area contributed by atoms with Gasteiger partial charge in [0.1, 0.15) is 28.5 Å². The van der Waals surface area contributed by atoms with Crippen LogP contribution in [0.15, 0.2) is 30.3 Å². The Labute approximate surface area is 134 Å². The van der Waals surface area contributed by atoms with Crippen LogP contribution in [-0.2, 0) is 0 Å². The summed E-state index contributed by atoms with van der Waals surface area (Å²) in [6.07, 6.45) is 0. The van der Waals surface area contributed by atoms with E-state index in [9.17, 15) is 13.6 Å². The number of methoxy groups -OCH3 is 1. The lowest BCUT2D eigenvalue weighted by atomic mass is 10.2. The Morgan fingerprint density at radius 1 is 1.22 bits per heavy atom. The molecule has 3 rings (SSSR count). The number of rotatable bonds is 3. The zero-order valence-corrected chi connectivity index (χ0v) is 13.1. The molecule has 23 heavy (non-hydrogen) atoms. The summed E-state index contributed by atoms with van der Waals surface area (Å²) in [5.74, 6) is -2.15. The number of hydrogen-bond acceptors (Lipinski definition) is 4. The third kappa shape index (κ3) is 2.75. The smallest absolute Gasteiger partial charge is 0.263 e. The molecule has 0 bridgehead atoms. The fourth-order valence-corrected chi connectivity index (χ4v) is 3.15. The highest BCUT2D eigenvalue weighted by Gasteiger charge is 2.19. The second-order valence-electron chi connectivity index (χ2n) is 4.83. The van der Waals surface area contributed by atoms with Gasteiger partial charge in [0.2, 0.25) is 0 Å². The molecule has 0 aliphatic carbocycles. The lowest BCUT2D eigenvalue weighted by Crippen LogP contribution is -2.15. The van der Waals surface area contributed by atoms with Crippen molar-refractivity contribution in [3.63, 3.8) is 0 Å². The molecule has 7 heteroatoms. The van der Waals surface area contributed by atoms with E-state index in [2.05, 4.69) is 10.3 Å². The Hall–Kier alpha value is -2.54. The second kappa shape index (κ2) is 5.92. The van der Waals surface area contributed by atoms with Gasteiger partial charge in [-0.1, -0.05) is 23.5 Å². The van der Waals surface area contributed by atoms with E-state index in [1.165, 1.54) is 24.5 Å². The lowest BCUT2D eigenvalue weighted by molar-refractivity contribution is 0.101. The number of carbonyl (C=O) groups is 1. The zero-order chi connectivity index (χ0) is 16.6. The molecule has 0 fully saturated rings. The van der Waals surface area contributed by atoms with Gasteiger partial charge in [0, 0.05) is 0 Å². The molecule has 1 amide bonds. The van der Waals surface area contributed by atoms with E-state index in [0.29, 0.717) is 11.3 Å². The van der Waals surface area contributed by atoms with Gasteiger partial charge in [0.25, 0.3) is 5.91 Å². The van der Waals surface area contributed by atoms with Crippen LogP contribution in [-0.4, -0.2) is 18.0 Å². The molecule has 0 saturated carbocycles. The van der Waals surface area contributed by atoms with Crippen LogP contribution < -0.4 is 10.1 Å². The van der Waals surface area contributed by atoms with Crippen molar-refractivity contribution in [2.45, 2.75) is 6.92 Å². The summed E-state index contributed by atoms with van der Waals surface area (Å²) < 4.78 is 33.4. The van der Waals surface area contributed by atoms with Crippen molar-refractivity contribution in [3.05, 3.63) is 53.1 Å². The normalized spacial score (nSPS) is 10.8. The quantitative estimate of drug-likeness (QED) is 0.783. The molecule has 0 spiro atoms. The largest absolute Gasteiger partial charge is 0.494 e. The van der Waals surface area contributed by atoms with E-state index < -0.39 is 23.1 Å². The molecule has 0 radical (unpaired) electrons. The minimum atomic E-state index is -0.919. The van der Waals surface area contributed by atoms with Crippen LogP contribution in [0.3, 0.4) is 0 Å². The van der Waals surface area contributed by atoms with E-state index in [1.54, 1.807) is 6.07 Å². The van der Waals surface area contributed by atoms with Gasteiger partial charge >= 0.3 is 0 Å². The number of hydrogen-bond donors (Lipinski definition) is 1. The van der Waals surface area contributed by atoms with Crippen LogP contribution in [0.5, 0.6) is 5.75 Å². The first kappa shape index (κ1) is 15.4. The minimum absolute atomic E-state index is 0.250. The Kier molecular flexibility index (Phi) is 3.96. The standard InChI is InChI=1S/C16H12F2N2O2S/c1-8-6-7-11(22-2)13-14(8)23-16(19-13)20-15(21)12-9(17)4-3-5-10(12)18/h3-7H,1-2H3,(H,19,20,21). The van der Waals surface area contributed by atoms with Gasteiger partial charge in [-0.3, -0.25) is 10.1 Å². The van der Waals surface area contributed by atoms with Crippen LogP contribution in [0.25, 0.3) is 10.2 Å². The molecule has 1 heterocycles. The summed E-state index contributed by atoms with van der Waals surface area (Å²) in [4.78, 5) is 16.4. The molecule has 0 unspecified atom stereocenters. The van der Waals surface area contributed by atoms with Crippen molar-refractivity contribution >= 4 is 32.6 Å². The number of amides is 1. The van der Waals surface area contributed by atoms with Gasteiger partial charge in [-0.15, -0.1) is 0 Å². The summed E-state index contributed by atoms with van der Waals surface area (Å²) >= 11 is 1.22. The number of ether oxygens (including phenoxy) is 1. The molecule has 3 aromatic rings. The lowest BCUT2D eigenvalue weighted by Gasteiger charge is -2.04. The first-order valence-electron chi connectivity index (χ1n) is 6.70. The summed E-state index contributed by atoms with van der Waals surface area (Å²) in [6.45, 7) is 1.90. The van der Waals surface area contributed by atoms with E-state index in [1.807, 2.05) is 13.0 Å².